The molecule has 0 spiro atoms. The third-order valence-electron chi connectivity index (χ3n) is 6.38. The molecule has 36 heavy (non-hydrogen) atoms. The first-order chi connectivity index (χ1) is 17.2. The van der Waals surface area contributed by atoms with Gasteiger partial charge in [-0.2, -0.15) is 0 Å². The molecule has 1 aromatic rings. The fraction of sp³-hybridized carbons (Fsp3) is 0.690. The number of nitrogens with one attached hydrogen (secondary N) is 1. The maximum Gasteiger partial charge on any atom is 0.328 e. The highest BCUT2D eigenvalue weighted by atomic mass is 28.3. The molecule has 0 aliphatic heterocycles. The van der Waals surface area contributed by atoms with Crippen molar-refractivity contribution in [3.63, 3.8) is 0 Å². The number of carbonyl (C=O) groups is 3. The summed E-state index contributed by atoms with van der Waals surface area (Å²) < 4.78 is 4.72. The number of aliphatic carboxylic acids is 1. The van der Waals surface area contributed by atoms with Crippen LogP contribution in [0.3, 0.4) is 0 Å². The van der Waals surface area contributed by atoms with E-state index in [0.717, 1.165) is 18.7 Å². The van der Waals surface area contributed by atoms with Crippen LogP contribution in [-0.4, -0.2) is 44.1 Å². The number of rotatable bonds is 21. The van der Waals surface area contributed by atoms with E-state index in [2.05, 4.69) is 25.0 Å². The highest BCUT2D eigenvalue weighted by Gasteiger charge is 2.35. The molecule has 2 N–H and O–H groups in total. The van der Waals surface area contributed by atoms with Gasteiger partial charge in [0.15, 0.2) is 5.78 Å². The first kappa shape index (κ1) is 31.9. The molecular weight excluding hydrogens is 470 g/mol. The summed E-state index contributed by atoms with van der Waals surface area (Å²) in [5.41, 5.74) is 1.05. The van der Waals surface area contributed by atoms with Crippen LogP contribution in [0.15, 0.2) is 24.3 Å². The maximum atomic E-state index is 12.4. The zero-order valence-corrected chi connectivity index (χ0v) is 24.1. The van der Waals surface area contributed by atoms with E-state index >= 15 is 0 Å². The van der Waals surface area contributed by atoms with Crippen LogP contribution in [0.4, 0.5) is 5.69 Å². The molecule has 204 valence electrons. The monoisotopic (exact) mass is 519 g/mol. The zero-order chi connectivity index (χ0) is 26.8. The van der Waals surface area contributed by atoms with Gasteiger partial charge in [0.05, 0.1) is 6.61 Å². The van der Waals surface area contributed by atoms with Crippen LogP contribution in [0, 0.1) is 5.92 Å². The lowest BCUT2D eigenvalue weighted by molar-refractivity contribution is -0.155. The van der Waals surface area contributed by atoms with Crippen LogP contribution in [0.2, 0.25) is 25.7 Å². The van der Waals surface area contributed by atoms with Crippen molar-refractivity contribution in [1.82, 2.24) is 0 Å². The Kier molecular flexibility index (Phi) is 16.1. The van der Waals surface area contributed by atoms with Gasteiger partial charge in [-0.1, -0.05) is 96.3 Å². The molecule has 0 fully saturated rings. The molecule has 0 amide bonds. The van der Waals surface area contributed by atoms with E-state index in [0.29, 0.717) is 0 Å². The second-order valence-electron chi connectivity index (χ2n) is 10.9. The van der Waals surface area contributed by atoms with Gasteiger partial charge in [-0.3, -0.25) is 14.4 Å². The van der Waals surface area contributed by atoms with Gasteiger partial charge in [0.1, 0.15) is 0 Å². The highest BCUT2D eigenvalue weighted by Crippen LogP contribution is 2.18. The fourth-order valence-electron chi connectivity index (χ4n) is 4.25. The fourth-order valence-corrected chi connectivity index (χ4v) is 5.56. The number of ketones is 1. The summed E-state index contributed by atoms with van der Waals surface area (Å²) in [5, 5.41) is 12.6. The van der Waals surface area contributed by atoms with Crippen LogP contribution in [0.5, 0.6) is 0 Å². The Bertz CT molecular complexity index is 773. The standard InChI is InChI=1S/C29H49NO5Si/c1-5-35-29(34)26(28(32)33)27(31)24-18-20-25(21-19-24)30-22-16-14-12-10-8-6-7-9-11-13-15-17-23-36(2,3)4/h18-21,26,30H,5-17,22-23H2,1-4H3,(H,32,33). The van der Waals surface area contributed by atoms with E-state index in [1.807, 2.05) is 0 Å². The molecule has 1 unspecified atom stereocenters. The van der Waals surface area contributed by atoms with Gasteiger partial charge < -0.3 is 15.2 Å². The van der Waals surface area contributed by atoms with Crippen molar-refractivity contribution in [2.75, 3.05) is 18.5 Å². The summed E-state index contributed by atoms with van der Waals surface area (Å²) in [5.74, 6) is -5.11. The molecule has 0 saturated heterocycles. The van der Waals surface area contributed by atoms with Gasteiger partial charge in [0.2, 0.25) is 5.92 Å². The van der Waals surface area contributed by atoms with E-state index in [1.165, 1.54) is 76.7 Å². The quantitative estimate of drug-likeness (QED) is 0.0572. The summed E-state index contributed by atoms with van der Waals surface area (Å²) in [4.78, 5) is 35.6. The number of esters is 1. The summed E-state index contributed by atoms with van der Waals surface area (Å²) in [6.45, 7) is 9.84. The summed E-state index contributed by atoms with van der Waals surface area (Å²) >= 11 is 0. The topological polar surface area (TPSA) is 92.7 Å². The largest absolute Gasteiger partial charge is 0.480 e. The van der Waals surface area contributed by atoms with Crippen molar-refractivity contribution in [3.05, 3.63) is 29.8 Å². The molecule has 1 rings (SSSR count). The third-order valence-corrected chi connectivity index (χ3v) is 8.24. The molecule has 0 bridgehead atoms. The minimum atomic E-state index is -1.83. The normalized spacial score (nSPS) is 12.2. The molecule has 0 aliphatic rings. The van der Waals surface area contributed by atoms with Crippen LogP contribution < -0.4 is 5.32 Å². The lowest BCUT2D eigenvalue weighted by Gasteiger charge is -2.14. The average Bonchev–Trinajstić information content (AvgIpc) is 2.81. The predicted octanol–water partition coefficient (Wildman–Crippen LogP) is 7.56. The van der Waals surface area contributed by atoms with Gasteiger partial charge in [-0.25, -0.2) is 0 Å². The van der Waals surface area contributed by atoms with Crippen molar-refractivity contribution in [1.29, 1.82) is 0 Å². The molecule has 0 radical (unpaired) electrons. The van der Waals surface area contributed by atoms with Crippen molar-refractivity contribution in [3.8, 4) is 0 Å². The van der Waals surface area contributed by atoms with Crippen molar-refractivity contribution >= 4 is 31.5 Å². The Morgan fingerprint density at radius 2 is 1.28 bits per heavy atom. The number of carboxylic acids is 1. The minimum Gasteiger partial charge on any atom is -0.480 e. The molecular formula is C29H49NO5Si. The van der Waals surface area contributed by atoms with Crippen LogP contribution in [0.25, 0.3) is 0 Å². The molecule has 1 atom stereocenters. The van der Waals surface area contributed by atoms with Gasteiger partial charge in [0, 0.05) is 25.9 Å². The second kappa shape index (κ2) is 18.1. The van der Waals surface area contributed by atoms with Gasteiger partial charge >= 0.3 is 11.9 Å². The number of hydrogen-bond donors (Lipinski definition) is 2. The van der Waals surface area contributed by atoms with E-state index < -0.39 is 31.7 Å². The van der Waals surface area contributed by atoms with Crippen molar-refractivity contribution < 1.29 is 24.2 Å². The Labute approximate surface area is 219 Å². The van der Waals surface area contributed by atoms with Gasteiger partial charge in [-0.15, -0.1) is 0 Å². The predicted molar refractivity (Wildman–Crippen MR) is 151 cm³/mol. The molecule has 0 heterocycles. The van der Waals surface area contributed by atoms with Crippen LogP contribution in [-0.2, 0) is 14.3 Å². The number of carboxylic acid groups (broad SMARTS) is 1. The number of Topliss-reactive ketones (excluding diaryl/α,β-unsaturated/α-hetero) is 1. The van der Waals surface area contributed by atoms with Crippen LogP contribution in [0.1, 0.15) is 94.3 Å². The SMILES string of the molecule is CCOC(=O)C(C(=O)O)C(=O)c1ccc(NCCCCCCCCCCCCCC[Si](C)(C)C)cc1. The Hall–Kier alpha value is -2.15. The van der Waals surface area contributed by atoms with E-state index in [-0.39, 0.29) is 12.2 Å². The first-order valence-electron chi connectivity index (χ1n) is 13.9. The minimum absolute atomic E-state index is 0.0256. The number of carbonyl (C=O) groups excluding carboxylic acids is 2. The average molecular weight is 520 g/mol. The summed E-state index contributed by atoms with van der Waals surface area (Å²) in [6.07, 6.45) is 16.0. The molecule has 0 aromatic heterocycles. The number of anilines is 1. The van der Waals surface area contributed by atoms with Crippen molar-refractivity contribution in [2.45, 2.75) is 110 Å². The lowest BCUT2D eigenvalue weighted by atomic mass is 9.97. The molecule has 1 aromatic carbocycles. The van der Waals surface area contributed by atoms with E-state index in [1.54, 1.807) is 31.2 Å². The molecule has 7 heteroatoms. The smallest absolute Gasteiger partial charge is 0.328 e. The Morgan fingerprint density at radius 1 is 0.806 bits per heavy atom. The zero-order valence-electron chi connectivity index (χ0n) is 23.1. The molecule has 0 aliphatic carbocycles. The van der Waals surface area contributed by atoms with E-state index in [9.17, 15) is 19.5 Å². The lowest BCUT2D eigenvalue weighted by Crippen LogP contribution is -2.33. The van der Waals surface area contributed by atoms with E-state index in [4.69, 9.17) is 4.74 Å². The Balaban J connectivity index is 2.09. The number of benzene rings is 1. The number of unbranched alkanes of at least 4 members (excludes halogenated alkanes) is 11. The van der Waals surface area contributed by atoms with Crippen molar-refractivity contribution in [2.24, 2.45) is 5.92 Å². The maximum absolute atomic E-state index is 12.4. The molecule has 6 nitrogen and oxygen atoms in total. The summed E-state index contributed by atoms with van der Waals surface area (Å²) in [6, 6.07) is 8.05. The first-order valence-corrected chi connectivity index (χ1v) is 17.6. The highest BCUT2D eigenvalue weighted by molar-refractivity contribution is 6.76. The third kappa shape index (κ3) is 14.4. The van der Waals surface area contributed by atoms with Gasteiger partial charge in [0.25, 0.3) is 0 Å². The molecule has 0 saturated carbocycles. The summed E-state index contributed by atoms with van der Waals surface area (Å²) in [7, 11) is -0.840. The number of hydrogen-bond acceptors (Lipinski definition) is 5. The Morgan fingerprint density at radius 3 is 1.72 bits per heavy atom. The number of ether oxygens (including phenoxy) is 1. The van der Waals surface area contributed by atoms with Crippen LogP contribution >= 0.6 is 0 Å². The van der Waals surface area contributed by atoms with Gasteiger partial charge in [-0.05, 0) is 37.6 Å². The second-order valence-corrected chi connectivity index (χ2v) is 16.6.